The molecule has 0 spiro atoms. The Hall–Kier alpha value is -2.30. The highest BCUT2D eigenvalue weighted by molar-refractivity contribution is 7.92. The van der Waals surface area contributed by atoms with Gasteiger partial charge in [0.05, 0.1) is 10.4 Å². The highest BCUT2D eigenvalue weighted by Gasteiger charge is 2.51. The van der Waals surface area contributed by atoms with E-state index in [1.165, 1.54) is 17.4 Å². The van der Waals surface area contributed by atoms with Crippen molar-refractivity contribution >= 4 is 37.2 Å². The van der Waals surface area contributed by atoms with Crippen LogP contribution in [-0.2, 0) is 16.4 Å². The fraction of sp³-hybridized carbons (Fsp3) is 0.500. The van der Waals surface area contributed by atoms with Gasteiger partial charge in [0.15, 0.2) is 15.5 Å². The van der Waals surface area contributed by atoms with Gasteiger partial charge in [-0.3, -0.25) is 0 Å². The van der Waals surface area contributed by atoms with E-state index in [0.29, 0.717) is 13.1 Å². The van der Waals surface area contributed by atoms with Crippen molar-refractivity contribution in [3.05, 3.63) is 34.2 Å². The van der Waals surface area contributed by atoms with Crippen LogP contribution in [0.2, 0.25) is 0 Å². The smallest absolute Gasteiger partial charge is 0.158 e. The van der Waals surface area contributed by atoms with E-state index < -0.39 is 14.6 Å². The molecule has 0 atom stereocenters. The summed E-state index contributed by atoms with van der Waals surface area (Å²) in [6.07, 6.45) is 6.44. The van der Waals surface area contributed by atoms with E-state index in [1.807, 2.05) is 10.7 Å². The van der Waals surface area contributed by atoms with Gasteiger partial charge in [-0.2, -0.15) is 5.10 Å². The molecule has 4 aromatic rings. The first-order chi connectivity index (χ1) is 15.1. The second-order valence-electron chi connectivity index (χ2n) is 9.23. The molecular formula is C22H28N6O2S2. The summed E-state index contributed by atoms with van der Waals surface area (Å²) in [4.78, 5) is 14.0. The highest BCUT2D eigenvalue weighted by Crippen LogP contribution is 2.43. The molecule has 1 saturated carbocycles. The van der Waals surface area contributed by atoms with Gasteiger partial charge in [-0.15, -0.1) is 0 Å². The predicted molar refractivity (Wildman–Crippen MR) is 128 cm³/mol. The number of rotatable bonds is 7. The fourth-order valence-corrected chi connectivity index (χ4v) is 6.61. The van der Waals surface area contributed by atoms with Crippen molar-refractivity contribution in [3.63, 3.8) is 0 Å². The lowest BCUT2D eigenvalue weighted by atomic mass is 9.96. The summed E-state index contributed by atoms with van der Waals surface area (Å²) in [6, 6.07) is 0. The van der Waals surface area contributed by atoms with E-state index in [1.54, 1.807) is 17.7 Å². The Morgan fingerprint density at radius 3 is 2.69 bits per heavy atom. The molecule has 0 aliphatic heterocycles. The molecule has 2 N–H and O–H groups in total. The standard InChI is InChI=1S/C22H28N6O2S2/c1-12(2)17-18(15-9-28-20(24-11-25-28)14(4)13(15)3)27-21-19(17)26-16(31-21)8-23-10-22(6-7-22)32(5,29)30/h9,11-12,23,27H,6-8,10H2,1-5H3. The van der Waals surface area contributed by atoms with Crippen LogP contribution in [0.1, 0.15) is 54.3 Å². The molecule has 1 fully saturated rings. The van der Waals surface area contributed by atoms with Crippen molar-refractivity contribution in [1.82, 2.24) is 29.9 Å². The van der Waals surface area contributed by atoms with Crippen LogP contribution in [0.4, 0.5) is 0 Å². The number of aryl methyl sites for hydroxylation is 1. The molecule has 4 aromatic heterocycles. The van der Waals surface area contributed by atoms with E-state index in [4.69, 9.17) is 4.98 Å². The number of nitrogens with one attached hydrogen (secondary N) is 2. The minimum absolute atomic E-state index is 0.285. The van der Waals surface area contributed by atoms with E-state index in [9.17, 15) is 8.42 Å². The van der Waals surface area contributed by atoms with Gasteiger partial charge in [-0.05, 0) is 43.7 Å². The molecule has 0 bridgehead atoms. The molecule has 0 radical (unpaired) electrons. The van der Waals surface area contributed by atoms with Crippen molar-refractivity contribution in [2.75, 3.05) is 12.8 Å². The second kappa shape index (κ2) is 7.36. The average Bonchev–Trinajstić information content (AvgIpc) is 3.05. The van der Waals surface area contributed by atoms with E-state index >= 15 is 0 Å². The summed E-state index contributed by atoms with van der Waals surface area (Å²) in [5, 5.41) is 8.63. The number of pyridine rings is 1. The van der Waals surface area contributed by atoms with Crippen LogP contribution < -0.4 is 5.32 Å². The number of hydrogen-bond donors (Lipinski definition) is 2. The summed E-state index contributed by atoms with van der Waals surface area (Å²) in [7, 11) is -3.03. The summed E-state index contributed by atoms with van der Waals surface area (Å²) < 4.78 is 25.2. The minimum atomic E-state index is -3.03. The summed E-state index contributed by atoms with van der Waals surface area (Å²) >= 11 is 1.62. The highest BCUT2D eigenvalue weighted by atomic mass is 32.2. The minimum Gasteiger partial charge on any atom is -0.345 e. The van der Waals surface area contributed by atoms with E-state index in [2.05, 4.69) is 48.1 Å². The van der Waals surface area contributed by atoms with Crippen LogP contribution in [0, 0.1) is 13.8 Å². The second-order valence-corrected chi connectivity index (χ2v) is 12.7. The molecule has 1 aliphatic rings. The number of aromatic nitrogens is 5. The Labute approximate surface area is 191 Å². The number of aromatic amines is 1. The van der Waals surface area contributed by atoms with Crippen LogP contribution in [0.15, 0.2) is 12.5 Å². The van der Waals surface area contributed by atoms with Gasteiger partial charge in [0.1, 0.15) is 21.7 Å². The molecule has 10 heteroatoms. The van der Waals surface area contributed by atoms with Crippen LogP contribution in [0.5, 0.6) is 0 Å². The van der Waals surface area contributed by atoms with Gasteiger partial charge in [0, 0.05) is 36.7 Å². The largest absolute Gasteiger partial charge is 0.345 e. The molecule has 4 heterocycles. The molecule has 0 aromatic carbocycles. The maximum Gasteiger partial charge on any atom is 0.158 e. The predicted octanol–water partition coefficient (Wildman–Crippen LogP) is 3.74. The van der Waals surface area contributed by atoms with Crippen LogP contribution in [-0.4, -0.2) is 50.5 Å². The zero-order valence-electron chi connectivity index (χ0n) is 19.0. The molecule has 8 nitrogen and oxygen atoms in total. The molecular weight excluding hydrogens is 444 g/mol. The zero-order chi connectivity index (χ0) is 22.8. The lowest BCUT2D eigenvalue weighted by Crippen LogP contribution is -2.34. The Morgan fingerprint density at radius 2 is 2.03 bits per heavy atom. The van der Waals surface area contributed by atoms with E-state index in [-0.39, 0.29) is 5.92 Å². The van der Waals surface area contributed by atoms with Crippen molar-refractivity contribution in [2.45, 2.75) is 57.7 Å². The van der Waals surface area contributed by atoms with Gasteiger partial charge in [0.2, 0.25) is 0 Å². The zero-order valence-corrected chi connectivity index (χ0v) is 20.6. The Kier molecular flexibility index (Phi) is 4.95. The number of fused-ring (bicyclic) bond motifs is 2. The van der Waals surface area contributed by atoms with Crippen LogP contribution >= 0.6 is 11.3 Å². The first kappa shape index (κ1) is 21.5. The maximum atomic E-state index is 12.0. The molecule has 5 rings (SSSR count). The van der Waals surface area contributed by atoms with Gasteiger partial charge >= 0.3 is 0 Å². The SMILES string of the molecule is Cc1c(-c2[nH]c3sc(CNCC4(S(C)(=O)=O)CC4)nc3c2C(C)C)cn2ncnc2c1C. The normalized spacial score (nSPS) is 15.9. The third-order valence-corrected chi connectivity index (χ3v) is 9.82. The van der Waals surface area contributed by atoms with Gasteiger partial charge in [-0.1, -0.05) is 25.2 Å². The topological polar surface area (TPSA) is 105 Å². The van der Waals surface area contributed by atoms with Crippen molar-refractivity contribution < 1.29 is 8.42 Å². The number of thiazole rings is 1. The Morgan fingerprint density at radius 1 is 1.28 bits per heavy atom. The monoisotopic (exact) mass is 472 g/mol. The third kappa shape index (κ3) is 3.36. The summed E-state index contributed by atoms with van der Waals surface area (Å²) in [5.74, 6) is 0.285. The maximum absolute atomic E-state index is 12.0. The molecule has 32 heavy (non-hydrogen) atoms. The number of hydrogen-bond acceptors (Lipinski definition) is 7. The summed E-state index contributed by atoms with van der Waals surface area (Å²) in [5.41, 5.74) is 7.55. The number of nitrogens with zero attached hydrogens (tertiary/aromatic N) is 4. The molecule has 1 aliphatic carbocycles. The third-order valence-electron chi connectivity index (χ3n) is 6.73. The lowest BCUT2D eigenvalue weighted by molar-refractivity contribution is 0.565. The molecule has 0 saturated heterocycles. The number of sulfone groups is 1. The summed E-state index contributed by atoms with van der Waals surface area (Å²) in [6.45, 7) is 9.62. The first-order valence-electron chi connectivity index (χ1n) is 10.8. The molecule has 0 amide bonds. The average molecular weight is 473 g/mol. The quantitative estimate of drug-likeness (QED) is 0.425. The number of H-pyrrole nitrogens is 1. The van der Waals surface area contributed by atoms with Crippen LogP contribution in [0.25, 0.3) is 27.3 Å². The van der Waals surface area contributed by atoms with Crippen molar-refractivity contribution in [1.29, 1.82) is 0 Å². The Bertz CT molecular complexity index is 1440. The lowest BCUT2D eigenvalue weighted by Gasteiger charge is -2.13. The van der Waals surface area contributed by atoms with Crippen LogP contribution in [0.3, 0.4) is 0 Å². The first-order valence-corrected chi connectivity index (χ1v) is 13.5. The van der Waals surface area contributed by atoms with E-state index in [0.717, 1.165) is 50.7 Å². The Balaban J connectivity index is 1.48. The van der Waals surface area contributed by atoms with Gasteiger partial charge in [0.25, 0.3) is 0 Å². The fourth-order valence-electron chi connectivity index (χ4n) is 4.45. The van der Waals surface area contributed by atoms with Gasteiger partial charge < -0.3 is 10.3 Å². The molecule has 170 valence electrons. The molecule has 0 unspecified atom stereocenters. The van der Waals surface area contributed by atoms with Gasteiger partial charge in [-0.25, -0.2) is 22.9 Å². The van der Waals surface area contributed by atoms with Crippen molar-refractivity contribution in [2.24, 2.45) is 0 Å². The van der Waals surface area contributed by atoms with Crippen molar-refractivity contribution in [3.8, 4) is 11.3 Å².